The summed E-state index contributed by atoms with van der Waals surface area (Å²) in [5.74, 6) is 0.151. The van der Waals surface area contributed by atoms with Crippen LogP contribution in [0.2, 0.25) is 0 Å². The Morgan fingerprint density at radius 3 is 2.74 bits per heavy atom. The highest BCUT2D eigenvalue weighted by Gasteiger charge is 2.19. The van der Waals surface area contributed by atoms with Crippen molar-refractivity contribution in [2.24, 2.45) is 0 Å². The van der Waals surface area contributed by atoms with E-state index in [-0.39, 0.29) is 24.6 Å². The molecule has 0 bridgehead atoms. The zero-order valence-corrected chi connectivity index (χ0v) is 19.3. The molecule has 0 atom stereocenters. The lowest BCUT2D eigenvalue weighted by atomic mass is 10.1. The monoisotopic (exact) mass is 474 g/mol. The summed E-state index contributed by atoms with van der Waals surface area (Å²) in [5.41, 5.74) is 2.67. The fourth-order valence-corrected chi connectivity index (χ4v) is 4.09. The number of aryl methyl sites for hydroxylation is 2. The van der Waals surface area contributed by atoms with Crippen molar-refractivity contribution in [2.75, 3.05) is 5.32 Å². The molecule has 0 saturated heterocycles. The van der Waals surface area contributed by atoms with Crippen molar-refractivity contribution in [3.63, 3.8) is 0 Å². The zero-order valence-electron chi connectivity index (χ0n) is 19.3. The number of rotatable bonds is 7. The SMILES string of the molecule is CCCc1noc(Cn2cnc3c4cc(C)ccc4n(CC(=O)Nc4ccc(F)cc4)c3c2=O)n1. The van der Waals surface area contributed by atoms with E-state index in [1.165, 1.54) is 35.2 Å². The summed E-state index contributed by atoms with van der Waals surface area (Å²) in [6, 6.07) is 11.2. The number of hydrogen-bond acceptors (Lipinski definition) is 6. The summed E-state index contributed by atoms with van der Waals surface area (Å²) >= 11 is 0. The Kier molecular flexibility index (Phi) is 5.86. The Labute approximate surface area is 199 Å². The molecule has 0 unspecified atom stereocenters. The van der Waals surface area contributed by atoms with Crippen molar-refractivity contribution in [2.45, 2.75) is 39.8 Å². The van der Waals surface area contributed by atoms with Crippen LogP contribution in [0.25, 0.3) is 21.9 Å². The fraction of sp³-hybridized carbons (Fsp3) is 0.240. The molecule has 5 aromatic rings. The third-order valence-corrected chi connectivity index (χ3v) is 5.70. The predicted molar refractivity (Wildman–Crippen MR) is 129 cm³/mol. The van der Waals surface area contributed by atoms with Gasteiger partial charge in [0.15, 0.2) is 5.82 Å². The third-order valence-electron chi connectivity index (χ3n) is 5.70. The highest BCUT2D eigenvalue weighted by molar-refractivity contribution is 6.06. The summed E-state index contributed by atoms with van der Waals surface area (Å²) in [5, 5.41) is 7.46. The molecule has 0 radical (unpaired) electrons. The van der Waals surface area contributed by atoms with Gasteiger partial charge in [0, 0.05) is 17.5 Å². The van der Waals surface area contributed by atoms with Gasteiger partial charge in [-0.15, -0.1) is 0 Å². The molecule has 0 aliphatic rings. The van der Waals surface area contributed by atoms with E-state index in [0.29, 0.717) is 40.4 Å². The number of carbonyl (C=O) groups is 1. The maximum Gasteiger partial charge on any atom is 0.278 e. The molecule has 0 spiro atoms. The van der Waals surface area contributed by atoms with Crippen LogP contribution < -0.4 is 10.9 Å². The highest BCUT2D eigenvalue weighted by atomic mass is 19.1. The number of carbonyl (C=O) groups excluding carboxylic acids is 1. The van der Waals surface area contributed by atoms with Crippen LogP contribution in [0.3, 0.4) is 0 Å². The second kappa shape index (κ2) is 9.13. The minimum atomic E-state index is -0.393. The van der Waals surface area contributed by atoms with E-state index in [0.717, 1.165) is 17.4 Å². The van der Waals surface area contributed by atoms with Crippen molar-refractivity contribution in [1.29, 1.82) is 0 Å². The maximum absolute atomic E-state index is 13.6. The number of benzene rings is 2. The lowest BCUT2D eigenvalue weighted by Gasteiger charge is -2.09. The number of nitrogens with zero attached hydrogens (tertiary/aromatic N) is 5. The van der Waals surface area contributed by atoms with Crippen LogP contribution in [-0.2, 0) is 24.3 Å². The van der Waals surface area contributed by atoms with Gasteiger partial charge in [-0.05, 0) is 49.7 Å². The van der Waals surface area contributed by atoms with Crippen LogP contribution in [-0.4, -0.2) is 30.2 Å². The first-order chi connectivity index (χ1) is 16.9. The van der Waals surface area contributed by atoms with Crippen LogP contribution in [0.5, 0.6) is 0 Å². The van der Waals surface area contributed by atoms with Gasteiger partial charge in [0.25, 0.3) is 5.56 Å². The van der Waals surface area contributed by atoms with E-state index in [1.807, 2.05) is 32.0 Å². The van der Waals surface area contributed by atoms with Crippen LogP contribution >= 0.6 is 0 Å². The molecule has 3 heterocycles. The molecule has 2 aromatic carbocycles. The van der Waals surface area contributed by atoms with Crippen LogP contribution in [0.4, 0.5) is 10.1 Å². The first kappa shape index (κ1) is 22.5. The molecule has 0 fully saturated rings. The van der Waals surface area contributed by atoms with Crippen LogP contribution in [0.1, 0.15) is 30.6 Å². The van der Waals surface area contributed by atoms with E-state index < -0.39 is 5.82 Å². The second-order valence-corrected chi connectivity index (χ2v) is 8.39. The second-order valence-electron chi connectivity index (χ2n) is 8.39. The molecule has 3 aromatic heterocycles. The summed E-state index contributed by atoms with van der Waals surface area (Å²) < 4.78 is 21.6. The number of halogens is 1. The Morgan fingerprint density at radius 1 is 1.17 bits per heavy atom. The van der Waals surface area contributed by atoms with Crippen molar-refractivity contribution in [1.82, 2.24) is 24.3 Å². The molecule has 9 nitrogen and oxygen atoms in total. The van der Waals surface area contributed by atoms with Gasteiger partial charge in [-0.1, -0.05) is 23.7 Å². The number of aromatic nitrogens is 5. The standard InChI is InChI=1S/C25H23FN6O3/c1-3-4-20-29-22(35-30-20)13-31-14-27-23-18-11-15(2)5-10-19(18)32(24(23)25(31)34)12-21(33)28-17-8-6-16(26)7-9-17/h5-11,14H,3-4,12-13H2,1-2H3,(H,28,33). The molecular formula is C25H23FN6O3. The van der Waals surface area contributed by atoms with Gasteiger partial charge in [0.2, 0.25) is 11.8 Å². The minimum absolute atomic E-state index is 0.0703. The zero-order chi connectivity index (χ0) is 24.5. The Bertz CT molecular complexity index is 1600. The molecule has 178 valence electrons. The summed E-state index contributed by atoms with van der Waals surface area (Å²) in [6.45, 7) is 3.92. The van der Waals surface area contributed by atoms with E-state index in [4.69, 9.17) is 4.52 Å². The minimum Gasteiger partial charge on any atom is -0.337 e. The molecule has 1 N–H and O–H groups in total. The quantitative estimate of drug-likeness (QED) is 0.384. The van der Waals surface area contributed by atoms with E-state index in [2.05, 4.69) is 20.4 Å². The molecule has 0 aliphatic carbocycles. The summed E-state index contributed by atoms with van der Waals surface area (Å²) in [6.07, 6.45) is 3.03. The number of hydrogen-bond donors (Lipinski definition) is 1. The third kappa shape index (κ3) is 4.42. The summed E-state index contributed by atoms with van der Waals surface area (Å²) in [7, 11) is 0. The highest BCUT2D eigenvalue weighted by Crippen LogP contribution is 2.26. The Hall–Kier alpha value is -4.34. The van der Waals surface area contributed by atoms with Crippen LogP contribution in [0, 0.1) is 12.7 Å². The van der Waals surface area contributed by atoms with Gasteiger partial charge in [-0.25, -0.2) is 9.37 Å². The van der Waals surface area contributed by atoms with Gasteiger partial charge >= 0.3 is 0 Å². The lowest BCUT2D eigenvalue weighted by Crippen LogP contribution is -2.25. The Morgan fingerprint density at radius 2 is 1.97 bits per heavy atom. The largest absolute Gasteiger partial charge is 0.337 e. The van der Waals surface area contributed by atoms with Crippen molar-refractivity contribution >= 4 is 33.5 Å². The first-order valence-electron chi connectivity index (χ1n) is 11.3. The maximum atomic E-state index is 13.6. The average molecular weight is 474 g/mol. The molecule has 0 saturated carbocycles. The van der Waals surface area contributed by atoms with Gasteiger partial charge in [0.05, 0.1) is 11.8 Å². The van der Waals surface area contributed by atoms with Crippen molar-refractivity contribution < 1.29 is 13.7 Å². The molecule has 5 rings (SSSR count). The topological polar surface area (TPSA) is 108 Å². The van der Waals surface area contributed by atoms with Crippen LogP contribution in [0.15, 0.2) is 58.1 Å². The van der Waals surface area contributed by atoms with Gasteiger partial charge in [-0.2, -0.15) is 4.98 Å². The number of amides is 1. The average Bonchev–Trinajstić information content (AvgIpc) is 3.40. The van der Waals surface area contributed by atoms with E-state index in [1.54, 1.807) is 4.57 Å². The van der Waals surface area contributed by atoms with E-state index >= 15 is 0 Å². The molecule has 0 aliphatic heterocycles. The first-order valence-corrected chi connectivity index (χ1v) is 11.3. The van der Waals surface area contributed by atoms with Crippen molar-refractivity contribution in [3.05, 3.63) is 82.2 Å². The molecular weight excluding hydrogens is 451 g/mol. The smallest absolute Gasteiger partial charge is 0.278 e. The molecule has 35 heavy (non-hydrogen) atoms. The fourth-order valence-electron chi connectivity index (χ4n) is 4.09. The number of anilines is 1. The normalized spacial score (nSPS) is 11.4. The number of nitrogens with one attached hydrogen (secondary N) is 1. The Balaban J connectivity index is 1.56. The van der Waals surface area contributed by atoms with Crippen molar-refractivity contribution in [3.8, 4) is 0 Å². The van der Waals surface area contributed by atoms with Gasteiger partial charge < -0.3 is 14.4 Å². The molecule has 10 heteroatoms. The van der Waals surface area contributed by atoms with Gasteiger partial charge in [0.1, 0.15) is 29.9 Å². The van der Waals surface area contributed by atoms with Gasteiger partial charge in [-0.3, -0.25) is 14.2 Å². The lowest BCUT2D eigenvalue weighted by molar-refractivity contribution is -0.116. The number of fused-ring (bicyclic) bond motifs is 3. The predicted octanol–water partition coefficient (Wildman–Crippen LogP) is 3.82. The summed E-state index contributed by atoms with van der Waals surface area (Å²) in [4.78, 5) is 35.3. The van der Waals surface area contributed by atoms with E-state index in [9.17, 15) is 14.0 Å². The molecule has 1 amide bonds.